The van der Waals surface area contributed by atoms with E-state index in [9.17, 15) is 4.79 Å². The second-order valence-corrected chi connectivity index (χ2v) is 4.94. The molecule has 0 aliphatic heterocycles. The summed E-state index contributed by atoms with van der Waals surface area (Å²) in [5.74, 6) is -0.0893. The third-order valence-electron chi connectivity index (χ3n) is 2.60. The number of benzene rings is 1. The second kappa shape index (κ2) is 5.31. The lowest BCUT2D eigenvalue weighted by Crippen LogP contribution is -2.31. The van der Waals surface area contributed by atoms with Crippen LogP contribution in [0.1, 0.15) is 17.3 Å². The highest BCUT2D eigenvalue weighted by Gasteiger charge is 2.16. The first-order valence-electron chi connectivity index (χ1n) is 5.69. The van der Waals surface area contributed by atoms with Crippen LogP contribution in [0.4, 0.5) is 0 Å². The summed E-state index contributed by atoms with van der Waals surface area (Å²) in [7, 11) is 1.73. The number of aromatic nitrogens is 2. The molecule has 0 aliphatic carbocycles. The number of fused-ring (bicyclic) bond motifs is 1. The standard InChI is InChI=1S/C13H14ClN3O/c1-9(14)8-17(2)13(18)10-4-3-5-11-12(10)16-7-6-15-11/h3-7,9H,8H2,1-2H3. The minimum Gasteiger partial charge on any atom is -0.340 e. The van der Waals surface area contributed by atoms with Crippen molar-refractivity contribution < 1.29 is 4.79 Å². The summed E-state index contributed by atoms with van der Waals surface area (Å²) in [4.78, 5) is 22.3. The topological polar surface area (TPSA) is 46.1 Å². The molecule has 2 aromatic rings. The minimum absolute atomic E-state index is 0.0833. The maximum atomic E-state index is 12.3. The number of rotatable bonds is 3. The summed E-state index contributed by atoms with van der Waals surface area (Å²) >= 11 is 5.90. The van der Waals surface area contributed by atoms with Gasteiger partial charge in [-0.1, -0.05) is 6.07 Å². The molecule has 1 atom stereocenters. The van der Waals surface area contributed by atoms with Gasteiger partial charge < -0.3 is 4.90 Å². The molecule has 0 radical (unpaired) electrons. The van der Waals surface area contributed by atoms with Crippen LogP contribution in [0.5, 0.6) is 0 Å². The van der Waals surface area contributed by atoms with Crippen LogP contribution in [0.15, 0.2) is 30.6 Å². The zero-order chi connectivity index (χ0) is 13.1. The van der Waals surface area contributed by atoms with Crippen molar-refractivity contribution in [2.45, 2.75) is 12.3 Å². The van der Waals surface area contributed by atoms with Gasteiger partial charge in [0.2, 0.25) is 0 Å². The molecule has 1 aromatic heterocycles. The largest absolute Gasteiger partial charge is 0.340 e. The van der Waals surface area contributed by atoms with Crippen molar-refractivity contribution in [3.05, 3.63) is 36.2 Å². The van der Waals surface area contributed by atoms with Gasteiger partial charge in [-0.05, 0) is 19.1 Å². The lowest BCUT2D eigenvalue weighted by atomic mass is 10.1. The first kappa shape index (κ1) is 12.8. The molecule has 18 heavy (non-hydrogen) atoms. The van der Waals surface area contributed by atoms with Gasteiger partial charge in [-0.2, -0.15) is 0 Å². The fourth-order valence-electron chi connectivity index (χ4n) is 1.83. The van der Waals surface area contributed by atoms with E-state index in [4.69, 9.17) is 11.6 Å². The second-order valence-electron chi connectivity index (χ2n) is 4.20. The smallest absolute Gasteiger partial charge is 0.255 e. The molecule has 1 amide bonds. The van der Waals surface area contributed by atoms with Gasteiger partial charge in [0.1, 0.15) is 5.52 Å². The average Bonchev–Trinajstić information content (AvgIpc) is 2.36. The van der Waals surface area contributed by atoms with E-state index in [1.807, 2.05) is 19.1 Å². The Hall–Kier alpha value is -1.68. The maximum Gasteiger partial charge on any atom is 0.255 e. The van der Waals surface area contributed by atoms with E-state index in [0.717, 1.165) is 5.52 Å². The van der Waals surface area contributed by atoms with Crippen molar-refractivity contribution in [1.82, 2.24) is 14.9 Å². The molecule has 0 saturated heterocycles. The molecule has 1 aromatic carbocycles. The van der Waals surface area contributed by atoms with Crippen LogP contribution in [0, 0.1) is 0 Å². The van der Waals surface area contributed by atoms with Gasteiger partial charge >= 0.3 is 0 Å². The van der Waals surface area contributed by atoms with E-state index in [1.165, 1.54) is 0 Å². The minimum atomic E-state index is -0.0893. The van der Waals surface area contributed by atoms with Crippen molar-refractivity contribution in [3.63, 3.8) is 0 Å². The number of alkyl halides is 1. The third kappa shape index (κ3) is 2.59. The Balaban J connectivity index is 2.39. The van der Waals surface area contributed by atoms with Crippen LogP contribution in [-0.2, 0) is 0 Å². The number of hydrogen-bond donors (Lipinski definition) is 0. The zero-order valence-corrected chi connectivity index (χ0v) is 11.1. The monoisotopic (exact) mass is 263 g/mol. The fraction of sp³-hybridized carbons (Fsp3) is 0.308. The third-order valence-corrected chi connectivity index (χ3v) is 2.74. The predicted octanol–water partition coefficient (Wildman–Crippen LogP) is 2.33. The maximum absolute atomic E-state index is 12.3. The highest BCUT2D eigenvalue weighted by Crippen LogP contribution is 2.15. The van der Waals surface area contributed by atoms with E-state index >= 15 is 0 Å². The van der Waals surface area contributed by atoms with Gasteiger partial charge in [-0.25, -0.2) is 0 Å². The molecule has 0 spiro atoms. The molecule has 0 aliphatic rings. The molecule has 5 heteroatoms. The first-order chi connectivity index (χ1) is 8.59. The normalized spacial score (nSPS) is 12.4. The fourth-order valence-corrected chi connectivity index (χ4v) is 2.04. The number of carbonyl (C=O) groups excluding carboxylic acids is 1. The molecule has 0 fully saturated rings. The van der Waals surface area contributed by atoms with Gasteiger partial charge in [0.05, 0.1) is 11.1 Å². The van der Waals surface area contributed by atoms with Crippen LogP contribution in [0.25, 0.3) is 11.0 Å². The van der Waals surface area contributed by atoms with E-state index in [-0.39, 0.29) is 11.3 Å². The predicted molar refractivity (Wildman–Crippen MR) is 71.8 cm³/mol. The van der Waals surface area contributed by atoms with Crippen molar-refractivity contribution >= 4 is 28.5 Å². The Morgan fingerprint density at radius 1 is 1.39 bits per heavy atom. The van der Waals surface area contributed by atoms with Gasteiger partial charge in [-0.3, -0.25) is 14.8 Å². The van der Waals surface area contributed by atoms with Crippen molar-refractivity contribution in [3.8, 4) is 0 Å². The summed E-state index contributed by atoms with van der Waals surface area (Å²) in [5.41, 5.74) is 1.90. The number of nitrogens with zero attached hydrogens (tertiary/aromatic N) is 3. The molecular formula is C13H14ClN3O. The lowest BCUT2D eigenvalue weighted by molar-refractivity contribution is 0.0798. The van der Waals surface area contributed by atoms with Crippen molar-refractivity contribution in [2.75, 3.05) is 13.6 Å². The Bertz CT molecular complexity index is 566. The van der Waals surface area contributed by atoms with E-state index in [1.54, 1.807) is 30.4 Å². The summed E-state index contributed by atoms with van der Waals surface area (Å²) in [6.45, 7) is 2.35. The van der Waals surface area contributed by atoms with Crippen LogP contribution >= 0.6 is 11.6 Å². The molecule has 2 rings (SSSR count). The molecule has 1 unspecified atom stereocenters. The van der Waals surface area contributed by atoms with Crippen molar-refractivity contribution in [2.24, 2.45) is 0 Å². The first-order valence-corrected chi connectivity index (χ1v) is 6.12. The summed E-state index contributed by atoms with van der Waals surface area (Å²) in [5, 5.41) is -0.0833. The molecular weight excluding hydrogens is 250 g/mol. The highest BCUT2D eigenvalue weighted by molar-refractivity contribution is 6.20. The molecule has 4 nitrogen and oxygen atoms in total. The zero-order valence-electron chi connectivity index (χ0n) is 10.3. The number of carbonyl (C=O) groups is 1. The van der Waals surface area contributed by atoms with Crippen LogP contribution in [-0.4, -0.2) is 39.7 Å². The summed E-state index contributed by atoms with van der Waals surface area (Å²) in [6.07, 6.45) is 3.20. The quantitative estimate of drug-likeness (QED) is 0.799. The Morgan fingerprint density at radius 3 is 2.83 bits per heavy atom. The molecule has 0 N–H and O–H groups in total. The number of hydrogen-bond acceptors (Lipinski definition) is 3. The molecule has 0 bridgehead atoms. The Kier molecular flexibility index (Phi) is 3.77. The van der Waals surface area contributed by atoms with Gasteiger partial charge in [-0.15, -0.1) is 11.6 Å². The highest BCUT2D eigenvalue weighted by atomic mass is 35.5. The van der Waals surface area contributed by atoms with E-state index in [0.29, 0.717) is 17.6 Å². The summed E-state index contributed by atoms with van der Waals surface area (Å²) < 4.78 is 0. The van der Waals surface area contributed by atoms with Crippen LogP contribution < -0.4 is 0 Å². The van der Waals surface area contributed by atoms with E-state index < -0.39 is 0 Å². The summed E-state index contributed by atoms with van der Waals surface area (Å²) in [6, 6.07) is 5.40. The van der Waals surface area contributed by atoms with Gasteiger partial charge in [0.25, 0.3) is 5.91 Å². The number of halogens is 1. The molecule has 1 heterocycles. The molecule has 94 valence electrons. The Labute approximate surface area is 111 Å². The molecule has 0 saturated carbocycles. The van der Waals surface area contributed by atoms with Gasteiger partial charge in [0.15, 0.2) is 0 Å². The number of amides is 1. The number of para-hydroxylation sites is 1. The van der Waals surface area contributed by atoms with Crippen LogP contribution in [0.2, 0.25) is 0 Å². The SMILES string of the molecule is CC(Cl)CN(C)C(=O)c1cccc2nccnc12. The Morgan fingerprint density at radius 2 is 2.11 bits per heavy atom. The van der Waals surface area contributed by atoms with Gasteiger partial charge in [0, 0.05) is 31.4 Å². The van der Waals surface area contributed by atoms with Crippen LogP contribution in [0.3, 0.4) is 0 Å². The van der Waals surface area contributed by atoms with Crippen molar-refractivity contribution in [1.29, 1.82) is 0 Å². The lowest BCUT2D eigenvalue weighted by Gasteiger charge is -2.18. The van der Waals surface area contributed by atoms with E-state index in [2.05, 4.69) is 9.97 Å². The average molecular weight is 264 g/mol.